The van der Waals surface area contributed by atoms with E-state index in [1.54, 1.807) is 10.4 Å². The molecule has 0 aromatic rings. The predicted molar refractivity (Wildman–Crippen MR) is 73.8 cm³/mol. The second kappa shape index (κ2) is 7.36. The van der Waals surface area contributed by atoms with Crippen molar-refractivity contribution >= 4 is 22.4 Å². The Morgan fingerprint density at radius 3 is 2.41 bits per heavy atom. The van der Waals surface area contributed by atoms with Crippen molar-refractivity contribution in [2.45, 2.75) is 32.2 Å². The smallest absolute Gasteiger partial charge is 0.214 e. The average molecular weight is 283 g/mol. The molecular weight excluding hydrogens is 260 g/mol. The van der Waals surface area contributed by atoms with Crippen molar-refractivity contribution in [3.8, 4) is 0 Å². The number of hydrogen-bond acceptors (Lipinski definition) is 3. The molecule has 1 rings (SSSR count). The molecule has 1 atom stereocenters. The van der Waals surface area contributed by atoms with Gasteiger partial charge in [0.1, 0.15) is 0 Å². The summed E-state index contributed by atoms with van der Waals surface area (Å²) in [5.74, 6) is 0.644. The molecule has 1 saturated heterocycles. The van der Waals surface area contributed by atoms with E-state index in [2.05, 4.69) is 6.58 Å². The monoisotopic (exact) mass is 282 g/mol. The van der Waals surface area contributed by atoms with Crippen molar-refractivity contribution in [3.63, 3.8) is 0 Å². The summed E-state index contributed by atoms with van der Waals surface area (Å²) >= 11 is 0. The highest BCUT2D eigenvalue weighted by Gasteiger charge is 2.28. The molecule has 17 heavy (non-hydrogen) atoms. The van der Waals surface area contributed by atoms with Gasteiger partial charge in [-0.05, 0) is 32.1 Å². The third-order valence-electron chi connectivity index (χ3n) is 3.22. The van der Waals surface area contributed by atoms with E-state index < -0.39 is 10.0 Å². The summed E-state index contributed by atoms with van der Waals surface area (Å²) in [5.41, 5.74) is 5.82. The van der Waals surface area contributed by atoms with Gasteiger partial charge in [-0.15, -0.1) is 19.0 Å². The van der Waals surface area contributed by atoms with Crippen LogP contribution in [0.1, 0.15) is 26.2 Å². The maximum Gasteiger partial charge on any atom is 0.214 e. The molecule has 1 unspecified atom stereocenters. The van der Waals surface area contributed by atoms with Gasteiger partial charge in [-0.25, -0.2) is 12.7 Å². The lowest BCUT2D eigenvalue weighted by molar-refractivity contribution is 0.251. The van der Waals surface area contributed by atoms with Gasteiger partial charge in [0, 0.05) is 19.1 Å². The third-order valence-corrected chi connectivity index (χ3v) is 5.12. The van der Waals surface area contributed by atoms with Crippen molar-refractivity contribution in [2.24, 2.45) is 11.7 Å². The first-order chi connectivity index (χ1) is 7.47. The lowest BCUT2D eigenvalue weighted by atomic mass is 9.92. The maximum atomic E-state index is 11.9. The van der Waals surface area contributed by atoms with E-state index in [0.29, 0.717) is 25.4 Å². The molecule has 0 aliphatic carbocycles. The Labute approximate surface area is 111 Å². The topological polar surface area (TPSA) is 63.4 Å². The molecule has 0 radical (unpaired) electrons. The molecule has 2 N–H and O–H groups in total. The van der Waals surface area contributed by atoms with Crippen molar-refractivity contribution < 1.29 is 8.42 Å². The molecule has 6 heteroatoms. The Bertz CT molecular complexity index is 322. The largest absolute Gasteiger partial charge is 0.328 e. The zero-order valence-electron chi connectivity index (χ0n) is 10.3. The van der Waals surface area contributed by atoms with Gasteiger partial charge in [0.05, 0.1) is 5.75 Å². The molecule has 4 nitrogen and oxygen atoms in total. The number of nitrogens with two attached hydrogens (primary N) is 1. The van der Waals surface area contributed by atoms with Crippen molar-refractivity contribution in [3.05, 3.63) is 12.7 Å². The van der Waals surface area contributed by atoms with Crippen LogP contribution in [-0.4, -0.2) is 37.6 Å². The number of piperidine rings is 1. The number of halogens is 1. The van der Waals surface area contributed by atoms with Crippen molar-refractivity contribution in [2.75, 3.05) is 18.8 Å². The van der Waals surface area contributed by atoms with Crippen LogP contribution in [0.25, 0.3) is 0 Å². The molecular formula is C11H23ClN2O2S. The van der Waals surface area contributed by atoms with E-state index in [1.807, 2.05) is 6.92 Å². The maximum absolute atomic E-state index is 11.9. The van der Waals surface area contributed by atoms with Crippen LogP contribution in [0.5, 0.6) is 0 Å². The second-order valence-electron chi connectivity index (χ2n) is 4.49. The highest BCUT2D eigenvalue weighted by Crippen LogP contribution is 2.21. The third kappa shape index (κ3) is 4.95. The number of nitrogens with zero attached hydrogens (tertiary/aromatic N) is 1. The molecule has 1 aliphatic rings. The molecule has 0 spiro atoms. The fourth-order valence-electron chi connectivity index (χ4n) is 2.04. The summed E-state index contributed by atoms with van der Waals surface area (Å²) in [7, 11) is -3.07. The van der Waals surface area contributed by atoms with E-state index in [1.165, 1.54) is 0 Å². The van der Waals surface area contributed by atoms with Gasteiger partial charge in [-0.2, -0.15) is 0 Å². The first kappa shape index (κ1) is 16.9. The van der Waals surface area contributed by atoms with Crippen LogP contribution in [0.4, 0.5) is 0 Å². The van der Waals surface area contributed by atoms with Crippen LogP contribution < -0.4 is 5.73 Å². The van der Waals surface area contributed by atoms with Crippen LogP contribution >= 0.6 is 12.4 Å². The van der Waals surface area contributed by atoms with Gasteiger partial charge in [0.2, 0.25) is 10.0 Å². The van der Waals surface area contributed by atoms with Gasteiger partial charge < -0.3 is 5.73 Å². The summed E-state index contributed by atoms with van der Waals surface area (Å²) in [6, 6.07) is 0.165. The Hall–Kier alpha value is -0.100. The number of allylic oxidation sites excluding steroid dienone is 1. The second-order valence-corrected chi connectivity index (χ2v) is 6.58. The van der Waals surface area contributed by atoms with Gasteiger partial charge in [-0.1, -0.05) is 6.08 Å². The highest BCUT2D eigenvalue weighted by molar-refractivity contribution is 7.89. The highest BCUT2D eigenvalue weighted by atomic mass is 35.5. The van der Waals surface area contributed by atoms with Crippen LogP contribution in [0.2, 0.25) is 0 Å². The van der Waals surface area contributed by atoms with E-state index in [-0.39, 0.29) is 24.2 Å². The van der Waals surface area contributed by atoms with E-state index >= 15 is 0 Å². The number of hydrogen-bond donors (Lipinski definition) is 1. The van der Waals surface area contributed by atoms with Gasteiger partial charge in [0.25, 0.3) is 0 Å². The van der Waals surface area contributed by atoms with Crippen molar-refractivity contribution in [1.82, 2.24) is 4.31 Å². The quantitative estimate of drug-likeness (QED) is 0.775. The summed E-state index contributed by atoms with van der Waals surface area (Å²) in [4.78, 5) is 0. The minimum absolute atomic E-state index is 0. The van der Waals surface area contributed by atoms with Crippen LogP contribution in [0.3, 0.4) is 0 Å². The van der Waals surface area contributed by atoms with E-state index in [0.717, 1.165) is 12.8 Å². The normalized spacial score (nSPS) is 20.6. The zero-order chi connectivity index (χ0) is 12.2. The molecule has 1 aliphatic heterocycles. The van der Waals surface area contributed by atoms with Crippen LogP contribution in [0.15, 0.2) is 12.7 Å². The van der Waals surface area contributed by atoms with Crippen LogP contribution in [0, 0.1) is 5.92 Å². The average Bonchev–Trinajstić information content (AvgIpc) is 2.26. The molecule has 0 aromatic heterocycles. The van der Waals surface area contributed by atoms with Gasteiger partial charge in [0.15, 0.2) is 0 Å². The minimum atomic E-state index is -3.07. The van der Waals surface area contributed by atoms with E-state index in [4.69, 9.17) is 5.73 Å². The standard InChI is InChI=1S/C11H22N2O2S.ClH/c1-3-4-9-16(14,15)13-7-5-11(6-8-13)10(2)12;/h3,10-11H,1,4-9,12H2,2H3;1H. The molecule has 1 fully saturated rings. The summed E-state index contributed by atoms with van der Waals surface area (Å²) in [6.45, 7) is 6.77. The van der Waals surface area contributed by atoms with Gasteiger partial charge >= 0.3 is 0 Å². The fourth-order valence-corrected chi connectivity index (χ4v) is 3.53. The Balaban J connectivity index is 0.00000256. The van der Waals surface area contributed by atoms with E-state index in [9.17, 15) is 8.42 Å². The lowest BCUT2D eigenvalue weighted by Gasteiger charge is -2.32. The Kier molecular flexibility index (Phi) is 7.32. The van der Waals surface area contributed by atoms with Crippen molar-refractivity contribution in [1.29, 1.82) is 0 Å². The SMILES string of the molecule is C=CCCS(=O)(=O)N1CCC(C(C)N)CC1.Cl. The molecule has 0 amide bonds. The number of sulfonamides is 1. The fraction of sp³-hybridized carbons (Fsp3) is 0.818. The summed E-state index contributed by atoms with van der Waals surface area (Å²) in [5, 5.41) is 0. The Morgan fingerprint density at radius 1 is 1.47 bits per heavy atom. The Morgan fingerprint density at radius 2 is 2.00 bits per heavy atom. The van der Waals surface area contributed by atoms with Crippen LogP contribution in [-0.2, 0) is 10.0 Å². The van der Waals surface area contributed by atoms with Gasteiger partial charge in [-0.3, -0.25) is 0 Å². The first-order valence-electron chi connectivity index (χ1n) is 5.81. The summed E-state index contributed by atoms with van der Waals surface area (Å²) < 4.78 is 25.3. The molecule has 102 valence electrons. The summed E-state index contributed by atoms with van der Waals surface area (Å²) in [6.07, 6.45) is 3.93. The molecule has 0 saturated carbocycles. The minimum Gasteiger partial charge on any atom is -0.328 e. The molecule has 0 aromatic carbocycles. The number of rotatable bonds is 5. The predicted octanol–water partition coefficient (Wildman–Crippen LogP) is 1.37. The molecule has 0 bridgehead atoms. The first-order valence-corrected chi connectivity index (χ1v) is 7.42. The lowest BCUT2D eigenvalue weighted by Crippen LogP contribution is -2.43. The zero-order valence-corrected chi connectivity index (χ0v) is 12.0. The molecule has 1 heterocycles.